The number of nitrogens with one attached hydrogen (secondary N) is 3. The molecular weight excluding hydrogens is 481 g/mol. The lowest BCUT2D eigenvalue weighted by atomic mass is 10.0. The van der Waals surface area contributed by atoms with Crippen LogP contribution in [0.5, 0.6) is 0 Å². The minimum atomic E-state index is -4.42. The second-order valence-corrected chi connectivity index (χ2v) is 9.88. The average Bonchev–Trinajstić information content (AvgIpc) is 3.44. The number of alkyl halides is 3. The van der Waals surface area contributed by atoms with Gasteiger partial charge < -0.3 is 14.7 Å². The maximum absolute atomic E-state index is 13.1. The molecule has 3 N–H and O–H groups in total. The second-order valence-electron chi connectivity index (χ2n) is 9.88. The Labute approximate surface area is 210 Å². The van der Waals surface area contributed by atoms with E-state index in [1.54, 1.807) is 34.9 Å². The zero-order valence-electron chi connectivity index (χ0n) is 20.4. The third kappa shape index (κ3) is 5.49. The van der Waals surface area contributed by atoms with Gasteiger partial charge in [-0.05, 0) is 67.8 Å². The van der Waals surface area contributed by atoms with Crippen LogP contribution in [0.1, 0.15) is 42.4 Å². The molecule has 1 amide bonds. The number of imidazole rings is 2. The highest BCUT2D eigenvalue weighted by Gasteiger charge is 2.30. The van der Waals surface area contributed by atoms with Crippen LogP contribution in [0.15, 0.2) is 67.0 Å². The molecule has 0 aliphatic carbocycles. The van der Waals surface area contributed by atoms with Gasteiger partial charge >= 0.3 is 6.18 Å². The minimum absolute atomic E-state index is 0.0185. The number of H-pyrrole nitrogens is 1. The molecular formula is C27H25F3N6O. The third-order valence-electron chi connectivity index (χ3n) is 5.81. The topological polar surface area (TPSA) is 87.1 Å². The van der Waals surface area contributed by atoms with Gasteiger partial charge in [0.15, 0.2) is 0 Å². The van der Waals surface area contributed by atoms with Crippen LogP contribution in [0, 0.1) is 0 Å². The van der Waals surface area contributed by atoms with Crippen LogP contribution in [0.4, 0.5) is 19.1 Å². The number of benzene rings is 2. The summed E-state index contributed by atoms with van der Waals surface area (Å²) in [5.74, 6) is -0.219. The van der Waals surface area contributed by atoms with Gasteiger partial charge in [0.1, 0.15) is 11.3 Å². The van der Waals surface area contributed by atoms with Gasteiger partial charge in [-0.15, -0.1) is 0 Å². The van der Waals surface area contributed by atoms with E-state index in [0.717, 1.165) is 17.7 Å². The van der Waals surface area contributed by atoms with Gasteiger partial charge in [-0.2, -0.15) is 13.2 Å². The summed E-state index contributed by atoms with van der Waals surface area (Å²) in [5.41, 5.74) is 3.34. The van der Waals surface area contributed by atoms with E-state index in [-0.39, 0.29) is 17.2 Å². The molecule has 37 heavy (non-hydrogen) atoms. The lowest BCUT2D eigenvalue weighted by Crippen LogP contribution is -2.35. The van der Waals surface area contributed by atoms with E-state index in [0.29, 0.717) is 34.4 Å². The summed E-state index contributed by atoms with van der Waals surface area (Å²) >= 11 is 0. The summed E-state index contributed by atoms with van der Waals surface area (Å²) in [6, 6.07) is 14.0. The minimum Gasteiger partial charge on any atom is -0.324 e. The molecule has 2 aromatic carbocycles. The molecule has 5 rings (SSSR count). The number of halogens is 3. The predicted octanol–water partition coefficient (Wildman–Crippen LogP) is 6.04. The van der Waals surface area contributed by atoms with Gasteiger partial charge in [0.25, 0.3) is 5.91 Å². The van der Waals surface area contributed by atoms with E-state index in [9.17, 15) is 18.0 Å². The van der Waals surface area contributed by atoms with Crippen LogP contribution in [-0.4, -0.2) is 30.8 Å². The monoisotopic (exact) mass is 506 g/mol. The van der Waals surface area contributed by atoms with Gasteiger partial charge in [0, 0.05) is 24.5 Å². The quantitative estimate of drug-likeness (QED) is 0.271. The van der Waals surface area contributed by atoms with Crippen molar-refractivity contribution in [3.63, 3.8) is 0 Å². The second kappa shape index (κ2) is 9.04. The molecule has 0 saturated heterocycles. The number of carbonyl (C=O) groups is 1. The SMILES string of the molecule is CC(C)(C)NCc1ccc2nc(C(=O)Nc3nc4cc(-c5cccc(C(F)(F)F)c5)ccc4[nH]3)cn2c1. The average molecular weight is 507 g/mol. The smallest absolute Gasteiger partial charge is 0.324 e. The van der Waals surface area contributed by atoms with Crippen molar-refractivity contribution < 1.29 is 18.0 Å². The van der Waals surface area contributed by atoms with Crippen LogP contribution >= 0.6 is 0 Å². The lowest BCUT2D eigenvalue weighted by molar-refractivity contribution is -0.137. The summed E-state index contributed by atoms with van der Waals surface area (Å²) in [4.78, 5) is 24.7. The number of nitrogens with zero attached hydrogens (tertiary/aromatic N) is 3. The van der Waals surface area contributed by atoms with Gasteiger partial charge in [0.2, 0.25) is 5.95 Å². The summed E-state index contributed by atoms with van der Waals surface area (Å²) in [5, 5.41) is 6.14. The maximum atomic E-state index is 13.1. The number of hydrogen-bond acceptors (Lipinski definition) is 4. The fourth-order valence-corrected chi connectivity index (χ4v) is 3.91. The molecule has 3 aromatic heterocycles. The Kier molecular flexibility index (Phi) is 5.99. The van der Waals surface area contributed by atoms with Gasteiger partial charge in [-0.25, -0.2) is 9.97 Å². The largest absolute Gasteiger partial charge is 0.416 e. The molecule has 0 atom stereocenters. The summed E-state index contributed by atoms with van der Waals surface area (Å²) in [6.45, 7) is 6.96. The van der Waals surface area contributed by atoms with Crippen molar-refractivity contribution >= 4 is 28.5 Å². The van der Waals surface area contributed by atoms with E-state index < -0.39 is 17.6 Å². The number of anilines is 1. The summed E-state index contributed by atoms with van der Waals surface area (Å²) in [7, 11) is 0. The Morgan fingerprint density at radius 3 is 2.51 bits per heavy atom. The van der Waals surface area contributed by atoms with Crippen LogP contribution < -0.4 is 10.6 Å². The van der Waals surface area contributed by atoms with Crippen LogP contribution in [0.3, 0.4) is 0 Å². The van der Waals surface area contributed by atoms with Crippen molar-refractivity contribution in [2.45, 2.75) is 39.0 Å². The first-order valence-corrected chi connectivity index (χ1v) is 11.7. The molecule has 10 heteroatoms. The lowest BCUT2D eigenvalue weighted by Gasteiger charge is -2.20. The summed E-state index contributed by atoms with van der Waals surface area (Å²) in [6.07, 6.45) is -0.847. The molecule has 190 valence electrons. The van der Waals surface area contributed by atoms with Gasteiger partial charge in [-0.3, -0.25) is 10.1 Å². The van der Waals surface area contributed by atoms with Crippen LogP contribution in [0.25, 0.3) is 27.8 Å². The van der Waals surface area contributed by atoms with E-state index in [1.807, 2.05) is 18.3 Å². The van der Waals surface area contributed by atoms with E-state index in [2.05, 4.69) is 46.4 Å². The number of aromatic amines is 1. The molecule has 0 bridgehead atoms. The van der Waals surface area contributed by atoms with Crippen molar-refractivity contribution in [3.8, 4) is 11.1 Å². The highest BCUT2D eigenvalue weighted by molar-refractivity contribution is 6.03. The molecule has 0 saturated carbocycles. The molecule has 0 spiro atoms. The van der Waals surface area contributed by atoms with Crippen molar-refractivity contribution in [2.24, 2.45) is 0 Å². The standard InChI is InChI=1S/C27H25F3N6O/c1-26(2,3)31-13-16-7-10-23-32-22(15-36(23)14-16)24(37)35-25-33-20-9-8-18(12-21(20)34-25)17-5-4-6-19(11-17)27(28,29)30/h4-12,14-15,31H,13H2,1-3H3,(H2,33,34,35,37). The maximum Gasteiger partial charge on any atom is 0.416 e. The Morgan fingerprint density at radius 1 is 0.973 bits per heavy atom. The number of pyridine rings is 1. The first-order chi connectivity index (χ1) is 17.4. The molecule has 0 fully saturated rings. The van der Waals surface area contributed by atoms with Crippen molar-refractivity contribution in [1.82, 2.24) is 24.7 Å². The van der Waals surface area contributed by atoms with Crippen molar-refractivity contribution in [1.29, 1.82) is 0 Å². The first-order valence-electron chi connectivity index (χ1n) is 11.7. The number of hydrogen-bond donors (Lipinski definition) is 3. The van der Waals surface area contributed by atoms with Crippen molar-refractivity contribution in [2.75, 3.05) is 5.32 Å². The van der Waals surface area contributed by atoms with Crippen LogP contribution in [-0.2, 0) is 12.7 Å². The predicted molar refractivity (Wildman–Crippen MR) is 136 cm³/mol. The highest BCUT2D eigenvalue weighted by atomic mass is 19.4. The van der Waals surface area contributed by atoms with Crippen LogP contribution in [0.2, 0.25) is 0 Å². The number of fused-ring (bicyclic) bond motifs is 2. The Balaban J connectivity index is 1.34. The molecule has 3 heterocycles. The zero-order chi connectivity index (χ0) is 26.4. The van der Waals surface area contributed by atoms with E-state index in [1.165, 1.54) is 6.07 Å². The first kappa shape index (κ1) is 24.5. The van der Waals surface area contributed by atoms with E-state index in [4.69, 9.17) is 0 Å². The van der Waals surface area contributed by atoms with Gasteiger partial charge in [-0.1, -0.05) is 24.3 Å². The Morgan fingerprint density at radius 2 is 1.76 bits per heavy atom. The zero-order valence-corrected chi connectivity index (χ0v) is 20.4. The molecule has 0 aliphatic heterocycles. The molecule has 0 radical (unpaired) electrons. The molecule has 0 unspecified atom stereocenters. The Bertz CT molecular complexity index is 1610. The highest BCUT2D eigenvalue weighted by Crippen LogP contribution is 2.33. The normalized spacial score (nSPS) is 12.4. The summed E-state index contributed by atoms with van der Waals surface area (Å²) < 4.78 is 41.1. The fraction of sp³-hybridized carbons (Fsp3) is 0.222. The van der Waals surface area contributed by atoms with Crippen molar-refractivity contribution in [3.05, 3.63) is 83.8 Å². The molecule has 5 aromatic rings. The van der Waals surface area contributed by atoms with E-state index >= 15 is 0 Å². The number of amides is 1. The number of aromatic nitrogens is 4. The molecule has 0 aliphatic rings. The number of rotatable bonds is 5. The number of carbonyl (C=O) groups excluding carboxylic acids is 1. The third-order valence-corrected chi connectivity index (χ3v) is 5.81. The van der Waals surface area contributed by atoms with Gasteiger partial charge in [0.05, 0.1) is 16.6 Å². The molecule has 7 nitrogen and oxygen atoms in total. The Hall–Kier alpha value is -4.18. The fourth-order valence-electron chi connectivity index (χ4n) is 3.91.